The normalized spacial score (nSPS) is 12.4. The lowest BCUT2D eigenvalue weighted by atomic mass is 10.0. The van der Waals surface area contributed by atoms with Crippen LogP contribution in [-0.2, 0) is 0 Å². The van der Waals surface area contributed by atoms with Gasteiger partial charge in [0.1, 0.15) is 11.9 Å². The van der Waals surface area contributed by atoms with Crippen LogP contribution in [0.2, 0.25) is 0 Å². The van der Waals surface area contributed by atoms with Gasteiger partial charge in [-0.25, -0.2) is 4.39 Å². The molecule has 1 aromatic heterocycles. The maximum atomic E-state index is 13.5. The largest absolute Gasteiger partial charge is 0.383 e. The van der Waals surface area contributed by atoms with E-state index in [4.69, 9.17) is 0 Å². The molecule has 0 saturated heterocycles. The molecule has 1 atom stereocenters. The summed E-state index contributed by atoms with van der Waals surface area (Å²) >= 11 is 3.24. The second-order valence-corrected chi connectivity index (χ2v) is 4.27. The van der Waals surface area contributed by atoms with Gasteiger partial charge in [0.25, 0.3) is 0 Å². The molecular formula is C12H9BrFNO. The lowest BCUT2D eigenvalue weighted by Crippen LogP contribution is -2.02. The molecule has 0 aliphatic carbocycles. The topological polar surface area (TPSA) is 33.1 Å². The highest BCUT2D eigenvalue weighted by atomic mass is 79.9. The van der Waals surface area contributed by atoms with E-state index in [1.165, 1.54) is 12.3 Å². The number of hydrogen-bond donors (Lipinski definition) is 1. The van der Waals surface area contributed by atoms with E-state index in [2.05, 4.69) is 20.9 Å². The van der Waals surface area contributed by atoms with Crippen molar-refractivity contribution in [2.75, 3.05) is 0 Å². The quantitative estimate of drug-likeness (QED) is 0.918. The Morgan fingerprint density at radius 1 is 1.31 bits per heavy atom. The average molecular weight is 282 g/mol. The van der Waals surface area contributed by atoms with Gasteiger partial charge in [0, 0.05) is 28.0 Å². The van der Waals surface area contributed by atoms with Gasteiger partial charge in [0.15, 0.2) is 0 Å². The first-order chi connectivity index (χ1) is 7.68. The molecule has 2 rings (SSSR count). The van der Waals surface area contributed by atoms with Crippen molar-refractivity contribution in [1.29, 1.82) is 0 Å². The summed E-state index contributed by atoms with van der Waals surface area (Å²) in [6.45, 7) is 0. The zero-order chi connectivity index (χ0) is 11.5. The Morgan fingerprint density at radius 3 is 2.81 bits per heavy atom. The van der Waals surface area contributed by atoms with Crippen LogP contribution in [0.25, 0.3) is 0 Å². The summed E-state index contributed by atoms with van der Waals surface area (Å²) in [6.07, 6.45) is 2.13. The highest BCUT2D eigenvalue weighted by Gasteiger charge is 2.15. The first-order valence-corrected chi connectivity index (χ1v) is 5.50. The highest BCUT2D eigenvalue weighted by Crippen LogP contribution is 2.26. The predicted octanol–water partition coefficient (Wildman–Crippen LogP) is 3.06. The first-order valence-electron chi connectivity index (χ1n) is 4.71. The van der Waals surface area contributed by atoms with E-state index < -0.39 is 11.9 Å². The van der Waals surface area contributed by atoms with Gasteiger partial charge < -0.3 is 5.11 Å². The summed E-state index contributed by atoms with van der Waals surface area (Å²) in [4.78, 5) is 3.89. The number of aliphatic hydroxyl groups excluding tert-OH is 1. The van der Waals surface area contributed by atoms with E-state index in [-0.39, 0.29) is 5.56 Å². The van der Waals surface area contributed by atoms with E-state index >= 15 is 0 Å². The van der Waals surface area contributed by atoms with Crippen molar-refractivity contribution in [3.63, 3.8) is 0 Å². The van der Waals surface area contributed by atoms with Gasteiger partial charge in [-0.1, -0.05) is 22.0 Å². The van der Waals surface area contributed by atoms with Crippen LogP contribution in [0.4, 0.5) is 4.39 Å². The first kappa shape index (κ1) is 11.2. The van der Waals surface area contributed by atoms with E-state index in [1.807, 2.05) is 0 Å². The number of hydrogen-bond acceptors (Lipinski definition) is 2. The summed E-state index contributed by atoms with van der Waals surface area (Å²) in [6, 6.07) is 7.88. The smallest absolute Gasteiger partial charge is 0.129 e. The Morgan fingerprint density at radius 2 is 2.12 bits per heavy atom. The molecule has 0 aliphatic rings. The minimum Gasteiger partial charge on any atom is -0.383 e. The maximum Gasteiger partial charge on any atom is 0.129 e. The summed E-state index contributed by atoms with van der Waals surface area (Å²) in [5.74, 6) is -0.431. The van der Waals surface area contributed by atoms with Gasteiger partial charge in [-0.3, -0.25) is 4.98 Å². The SMILES string of the molecule is O[C@H](c1cccnc1)c1cc(Br)ccc1F. The second-order valence-electron chi connectivity index (χ2n) is 3.35. The summed E-state index contributed by atoms with van der Waals surface area (Å²) in [5, 5.41) is 10.00. The van der Waals surface area contributed by atoms with Crippen LogP contribution >= 0.6 is 15.9 Å². The number of halogens is 2. The van der Waals surface area contributed by atoms with Crippen LogP contribution in [0, 0.1) is 5.82 Å². The van der Waals surface area contributed by atoms with E-state index in [9.17, 15) is 9.50 Å². The number of pyridine rings is 1. The molecule has 2 aromatic rings. The van der Waals surface area contributed by atoms with Gasteiger partial charge in [0.05, 0.1) is 0 Å². The number of nitrogens with zero attached hydrogens (tertiary/aromatic N) is 1. The fourth-order valence-electron chi connectivity index (χ4n) is 1.44. The van der Waals surface area contributed by atoms with Crippen molar-refractivity contribution in [2.45, 2.75) is 6.10 Å². The fourth-order valence-corrected chi connectivity index (χ4v) is 1.82. The number of aromatic nitrogens is 1. The van der Waals surface area contributed by atoms with Gasteiger partial charge in [0.2, 0.25) is 0 Å². The van der Waals surface area contributed by atoms with Crippen LogP contribution in [0.15, 0.2) is 47.2 Å². The van der Waals surface area contributed by atoms with Gasteiger partial charge in [-0.05, 0) is 24.3 Å². The van der Waals surface area contributed by atoms with Crippen molar-refractivity contribution in [3.05, 3.63) is 64.1 Å². The third-order valence-corrected chi connectivity index (χ3v) is 2.75. The standard InChI is InChI=1S/C12H9BrFNO/c13-9-3-4-11(14)10(6-9)12(16)8-2-1-5-15-7-8/h1-7,12,16H/t12-/m1/s1. The van der Waals surface area contributed by atoms with Crippen LogP contribution in [0.5, 0.6) is 0 Å². The zero-order valence-electron chi connectivity index (χ0n) is 8.27. The molecule has 16 heavy (non-hydrogen) atoms. The molecular weight excluding hydrogens is 273 g/mol. The molecule has 1 N–H and O–H groups in total. The number of aliphatic hydroxyl groups is 1. The lowest BCUT2D eigenvalue weighted by Gasteiger charge is -2.12. The minimum absolute atomic E-state index is 0.238. The minimum atomic E-state index is -0.994. The van der Waals surface area contributed by atoms with Crippen molar-refractivity contribution < 1.29 is 9.50 Å². The fraction of sp³-hybridized carbons (Fsp3) is 0.0833. The Labute approximate surface area is 101 Å². The molecule has 0 unspecified atom stereocenters. The van der Waals surface area contributed by atoms with Gasteiger partial charge in [-0.2, -0.15) is 0 Å². The Kier molecular flexibility index (Phi) is 3.31. The molecule has 0 saturated carbocycles. The molecule has 4 heteroatoms. The second kappa shape index (κ2) is 4.72. The molecule has 2 nitrogen and oxygen atoms in total. The Bertz CT molecular complexity index is 490. The molecule has 82 valence electrons. The number of benzene rings is 1. The summed E-state index contributed by atoms with van der Waals surface area (Å²) < 4.78 is 14.2. The Hall–Kier alpha value is -1.26. The van der Waals surface area contributed by atoms with Crippen molar-refractivity contribution in [1.82, 2.24) is 4.98 Å². The van der Waals surface area contributed by atoms with E-state index in [1.54, 1.807) is 30.5 Å². The van der Waals surface area contributed by atoms with Gasteiger partial charge in [-0.15, -0.1) is 0 Å². The summed E-state index contributed by atoms with van der Waals surface area (Å²) in [7, 11) is 0. The number of rotatable bonds is 2. The van der Waals surface area contributed by atoms with Gasteiger partial charge >= 0.3 is 0 Å². The third-order valence-electron chi connectivity index (χ3n) is 2.25. The zero-order valence-corrected chi connectivity index (χ0v) is 9.86. The van der Waals surface area contributed by atoms with Crippen LogP contribution in [-0.4, -0.2) is 10.1 Å². The Balaban J connectivity index is 2.41. The maximum absolute atomic E-state index is 13.5. The molecule has 0 aliphatic heterocycles. The van der Waals surface area contributed by atoms with Crippen molar-refractivity contribution >= 4 is 15.9 Å². The molecule has 0 spiro atoms. The lowest BCUT2D eigenvalue weighted by molar-refractivity contribution is 0.214. The average Bonchev–Trinajstić information content (AvgIpc) is 2.32. The van der Waals surface area contributed by atoms with Crippen molar-refractivity contribution in [3.8, 4) is 0 Å². The molecule has 0 bridgehead atoms. The molecule has 0 fully saturated rings. The monoisotopic (exact) mass is 281 g/mol. The van der Waals surface area contributed by atoms with E-state index in [0.717, 1.165) is 4.47 Å². The molecule has 0 radical (unpaired) electrons. The molecule has 0 amide bonds. The van der Waals surface area contributed by atoms with Crippen molar-refractivity contribution in [2.24, 2.45) is 0 Å². The van der Waals surface area contributed by atoms with Crippen LogP contribution in [0.1, 0.15) is 17.2 Å². The van der Waals surface area contributed by atoms with E-state index in [0.29, 0.717) is 5.56 Å². The third kappa shape index (κ3) is 2.28. The van der Waals surface area contributed by atoms with Crippen LogP contribution in [0.3, 0.4) is 0 Å². The van der Waals surface area contributed by atoms with Crippen LogP contribution < -0.4 is 0 Å². The predicted molar refractivity (Wildman–Crippen MR) is 62.4 cm³/mol. The molecule has 1 aromatic carbocycles. The highest BCUT2D eigenvalue weighted by molar-refractivity contribution is 9.10. The molecule has 1 heterocycles. The summed E-state index contributed by atoms with van der Waals surface area (Å²) in [5.41, 5.74) is 0.807.